The fourth-order valence-corrected chi connectivity index (χ4v) is 4.46. The number of halogens is 3. The highest BCUT2D eigenvalue weighted by Gasteiger charge is 2.25. The van der Waals surface area contributed by atoms with Gasteiger partial charge in [0.15, 0.2) is 11.6 Å². The van der Waals surface area contributed by atoms with Crippen LogP contribution < -0.4 is 9.47 Å². The lowest BCUT2D eigenvalue weighted by Crippen LogP contribution is -2.13. The number of benzene rings is 3. The van der Waals surface area contributed by atoms with Crippen LogP contribution in [0.2, 0.25) is 0 Å². The minimum Gasteiger partial charge on any atom is -0.489 e. The molecule has 0 amide bonds. The second-order valence-electron chi connectivity index (χ2n) is 8.96. The van der Waals surface area contributed by atoms with Crippen molar-refractivity contribution in [2.75, 3.05) is 6.61 Å². The minimum absolute atomic E-state index is 0.0651. The summed E-state index contributed by atoms with van der Waals surface area (Å²) in [6.45, 7) is 6.15. The molecule has 5 heteroatoms. The van der Waals surface area contributed by atoms with Gasteiger partial charge in [-0.15, -0.1) is 0 Å². The topological polar surface area (TPSA) is 18.5 Å². The second kappa shape index (κ2) is 10.8. The largest absolute Gasteiger partial charge is 0.489 e. The highest BCUT2D eigenvalue weighted by Crippen LogP contribution is 2.38. The van der Waals surface area contributed by atoms with Crippen molar-refractivity contribution in [3.63, 3.8) is 0 Å². The van der Waals surface area contributed by atoms with Crippen molar-refractivity contribution >= 4 is 0 Å². The Labute approximate surface area is 199 Å². The molecule has 0 aliphatic heterocycles. The van der Waals surface area contributed by atoms with E-state index >= 15 is 0 Å². The van der Waals surface area contributed by atoms with E-state index in [0.717, 1.165) is 31.2 Å². The Morgan fingerprint density at radius 1 is 0.882 bits per heavy atom. The maximum absolute atomic E-state index is 14.7. The molecule has 0 heterocycles. The van der Waals surface area contributed by atoms with Gasteiger partial charge in [-0.2, -0.15) is 4.39 Å². The normalized spacial score (nSPS) is 17.9. The molecule has 0 N–H and O–H groups in total. The summed E-state index contributed by atoms with van der Waals surface area (Å²) in [7, 11) is 0. The van der Waals surface area contributed by atoms with E-state index in [4.69, 9.17) is 9.47 Å². The summed E-state index contributed by atoms with van der Waals surface area (Å²) in [5.41, 5.74) is 2.35. The van der Waals surface area contributed by atoms with Crippen LogP contribution >= 0.6 is 0 Å². The average molecular weight is 467 g/mol. The summed E-state index contributed by atoms with van der Waals surface area (Å²) in [6.07, 6.45) is 5.44. The summed E-state index contributed by atoms with van der Waals surface area (Å²) in [5, 5.41) is 0. The van der Waals surface area contributed by atoms with Crippen LogP contribution in [0, 0.1) is 23.4 Å². The molecular weight excluding hydrogens is 437 g/mol. The van der Waals surface area contributed by atoms with Gasteiger partial charge in [-0.1, -0.05) is 62.8 Å². The molecule has 0 aromatic heterocycles. The van der Waals surface area contributed by atoms with Gasteiger partial charge in [0.1, 0.15) is 24.8 Å². The van der Waals surface area contributed by atoms with Gasteiger partial charge in [0.2, 0.25) is 5.82 Å². The van der Waals surface area contributed by atoms with Crippen molar-refractivity contribution in [1.82, 2.24) is 0 Å². The predicted octanol–water partition coefficient (Wildman–Crippen LogP) is 8.21. The summed E-state index contributed by atoms with van der Waals surface area (Å²) in [6, 6.07) is 15.0. The quantitative estimate of drug-likeness (QED) is 0.312. The number of hydrogen-bond donors (Lipinski definition) is 0. The molecule has 0 atom stereocenters. The van der Waals surface area contributed by atoms with Gasteiger partial charge < -0.3 is 9.47 Å². The van der Waals surface area contributed by atoms with E-state index < -0.39 is 17.5 Å². The van der Waals surface area contributed by atoms with E-state index in [2.05, 4.69) is 13.5 Å². The van der Waals surface area contributed by atoms with Gasteiger partial charge in [-0.05, 0) is 59.6 Å². The molecule has 0 radical (unpaired) electrons. The highest BCUT2D eigenvalue weighted by atomic mass is 19.2. The Balaban J connectivity index is 1.41. The summed E-state index contributed by atoms with van der Waals surface area (Å²) >= 11 is 0. The molecular formula is C29H29F3O2. The fraction of sp³-hybridized carbons (Fsp3) is 0.310. The zero-order valence-electron chi connectivity index (χ0n) is 19.3. The first-order valence-corrected chi connectivity index (χ1v) is 11.7. The molecule has 0 unspecified atom stereocenters. The first kappa shape index (κ1) is 23.9. The van der Waals surface area contributed by atoms with Gasteiger partial charge in [0.25, 0.3) is 0 Å². The zero-order chi connectivity index (χ0) is 24.1. The summed E-state index contributed by atoms with van der Waals surface area (Å²) in [5.74, 6) is -1.09. The lowest BCUT2D eigenvalue weighted by molar-refractivity contribution is 0.282. The highest BCUT2D eigenvalue weighted by molar-refractivity contribution is 5.65. The van der Waals surface area contributed by atoms with E-state index in [1.165, 1.54) is 12.1 Å². The van der Waals surface area contributed by atoms with E-state index in [1.807, 2.05) is 0 Å². The molecule has 1 fully saturated rings. The molecule has 0 spiro atoms. The Morgan fingerprint density at radius 2 is 1.62 bits per heavy atom. The van der Waals surface area contributed by atoms with Crippen molar-refractivity contribution in [2.45, 2.75) is 45.1 Å². The summed E-state index contributed by atoms with van der Waals surface area (Å²) in [4.78, 5) is 0. The molecule has 0 saturated heterocycles. The fourth-order valence-electron chi connectivity index (χ4n) is 4.46. The molecule has 3 aromatic carbocycles. The zero-order valence-corrected chi connectivity index (χ0v) is 19.3. The summed E-state index contributed by atoms with van der Waals surface area (Å²) < 4.78 is 54.8. The lowest BCUT2D eigenvalue weighted by Gasteiger charge is -2.27. The standard InChI is InChI=1S/C29H29F3O2/c1-3-16-33-23-12-13-24(26(30)17-23)21-10-6-20(7-11-21)18-34-27-15-14-25(28(31)29(27)32)22-8-4-19(2)5-9-22/h3,6-7,10-15,17,19,22H,1,4-5,8-9,16,18H2,2H3. The number of hydrogen-bond acceptors (Lipinski definition) is 2. The predicted molar refractivity (Wildman–Crippen MR) is 129 cm³/mol. The van der Waals surface area contributed by atoms with Crippen LogP contribution in [0.4, 0.5) is 13.2 Å². The van der Waals surface area contributed by atoms with E-state index in [9.17, 15) is 13.2 Å². The third-order valence-corrected chi connectivity index (χ3v) is 6.50. The molecule has 178 valence electrons. The Morgan fingerprint density at radius 3 is 2.29 bits per heavy atom. The van der Waals surface area contributed by atoms with E-state index in [0.29, 0.717) is 35.0 Å². The van der Waals surface area contributed by atoms with Crippen molar-refractivity contribution < 1.29 is 22.6 Å². The molecule has 34 heavy (non-hydrogen) atoms. The van der Waals surface area contributed by atoms with E-state index in [1.54, 1.807) is 48.5 Å². The Kier molecular flexibility index (Phi) is 7.61. The van der Waals surface area contributed by atoms with Gasteiger partial charge in [0, 0.05) is 11.6 Å². The molecule has 0 bridgehead atoms. The molecule has 3 aromatic rings. The third kappa shape index (κ3) is 5.46. The van der Waals surface area contributed by atoms with Crippen LogP contribution in [0.1, 0.15) is 49.7 Å². The van der Waals surface area contributed by atoms with Crippen LogP contribution in [0.25, 0.3) is 11.1 Å². The number of rotatable bonds is 8. The van der Waals surface area contributed by atoms with Gasteiger partial charge in [-0.25, -0.2) is 8.78 Å². The first-order chi connectivity index (χ1) is 16.5. The van der Waals surface area contributed by atoms with Gasteiger partial charge >= 0.3 is 0 Å². The van der Waals surface area contributed by atoms with Crippen LogP contribution in [0.15, 0.2) is 67.3 Å². The van der Waals surface area contributed by atoms with Crippen molar-refractivity contribution in [1.29, 1.82) is 0 Å². The average Bonchev–Trinajstić information content (AvgIpc) is 2.85. The minimum atomic E-state index is -0.937. The van der Waals surface area contributed by atoms with Gasteiger partial charge in [-0.3, -0.25) is 0 Å². The molecule has 1 aliphatic rings. The van der Waals surface area contributed by atoms with Crippen molar-refractivity contribution in [2.24, 2.45) is 5.92 Å². The van der Waals surface area contributed by atoms with Gasteiger partial charge in [0.05, 0.1) is 0 Å². The Hall–Kier alpha value is -3.21. The molecule has 1 aliphatic carbocycles. The molecule has 2 nitrogen and oxygen atoms in total. The van der Waals surface area contributed by atoms with Crippen LogP contribution in [0.3, 0.4) is 0 Å². The van der Waals surface area contributed by atoms with E-state index in [-0.39, 0.29) is 18.3 Å². The van der Waals surface area contributed by atoms with Crippen LogP contribution in [0.5, 0.6) is 11.5 Å². The third-order valence-electron chi connectivity index (χ3n) is 6.50. The van der Waals surface area contributed by atoms with Crippen molar-refractivity contribution in [3.05, 3.63) is 95.8 Å². The smallest absolute Gasteiger partial charge is 0.200 e. The second-order valence-corrected chi connectivity index (χ2v) is 8.96. The maximum atomic E-state index is 14.7. The Bertz CT molecular complexity index is 1130. The van der Waals surface area contributed by atoms with Crippen LogP contribution in [-0.4, -0.2) is 6.61 Å². The lowest BCUT2D eigenvalue weighted by atomic mass is 9.79. The van der Waals surface area contributed by atoms with Crippen molar-refractivity contribution in [3.8, 4) is 22.6 Å². The monoisotopic (exact) mass is 466 g/mol. The molecule has 1 saturated carbocycles. The first-order valence-electron chi connectivity index (χ1n) is 11.7. The number of ether oxygens (including phenoxy) is 2. The maximum Gasteiger partial charge on any atom is 0.200 e. The van der Waals surface area contributed by atoms with Crippen LogP contribution in [-0.2, 0) is 6.61 Å². The SMILES string of the molecule is C=CCOc1ccc(-c2ccc(COc3ccc(C4CCC(C)CC4)c(F)c3F)cc2)c(F)c1. The molecule has 4 rings (SSSR count).